The number of carbonyl (C=O) groups is 2. The maximum atomic E-state index is 15.4. The van der Waals surface area contributed by atoms with Crippen LogP contribution in [0.15, 0.2) is 47.3 Å². The van der Waals surface area contributed by atoms with Gasteiger partial charge in [-0.15, -0.1) is 0 Å². The monoisotopic (exact) mass is 602 g/mol. The third-order valence-corrected chi connectivity index (χ3v) is 6.74. The molecular weight excluding hydrogens is 580 g/mol. The van der Waals surface area contributed by atoms with Gasteiger partial charge < -0.3 is 15.2 Å². The van der Waals surface area contributed by atoms with Crippen LogP contribution >= 0.6 is 0 Å². The quantitative estimate of drug-likeness (QED) is 0.395. The number of aromatic nitrogens is 2. The Bertz CT molecular complexity index is 1530. The summed E-state index contributed by atoms with van der Waals surface area (Å²) >= 11 is 0. The van der Waals surface area contributed by atoms with Gasteiger partial charge in [-0.2, -0.15) is 26.3 Å². The van der Waals surface area contributed by atoms with Crippen molar-refractivity contribution in [1.29, 1.82) is 0 Å². The summed E-state index contributed by atoms with van der Waals surface area (Å²) in [5.41, 5.74) is -6.20. The van der Waals surface area contributed by atoms with E-state index in [9.17, 15) is 45.1 Å². The van der Waals surface area contributed by atoms with Crippen molar-refractivity contribution < 1.29 is 44.7 Å². The van der Waals surface area contributed by atoms with E-state index >= 15 is 4.39 Å². The van der Waals surface area contributed by atoms with Crippen LogP contribution in [-0.2, 0) is 34.9 Å². The molecule has 224 valence electrons. The Kier molecular flexibility index (Phi) is 8.68. The lowest BCUT2D eigenvalue weighted by Gasteiger charge is -2.31. The van der Waals surface area contributed by atoms with E-state index in [1.54, 1.807) is 4.98 Å². The van der Waals surface area contributed by atoms with Gasteiger partial charge >= 0.3 is 12.4 Å². The first-order valence-electron chi connectivity index (χ1n) is 12.5. The van der Waals surface area contributed by atoms with Crippen LogP contribution < -0.4 is 10.9 Å². The molecule has 4 rings (SSSR count). The summed E-state index contributed by atoms with van der Waals surface area (Å²) in [5, 5.41) is 2.41. The lowest BCUT2D eigenvalue weighted by Crippen LogP contribution is -2.43. The predicted molar refractivity (Wildman–Crippen MR) is 132 cm³/mol. The number of H-pyrrole nitrogens is 1. The van der Waals surface area contributed by atoms with Crippen LogP contribution in [0, 0.1) is 17.6 Å². The number of likely N-dealkylation sites (tertiary alicyclic amines) is 1. The summed E-state index contributed by atoms with van der Waals surface area (Å²) in [6.07, 6.45) is -9.87. The van der Waals surface area contributed by atoms with Crippen LogP contribution in [0.1, 0.15) is 35.2 Å². The maximum absolute atomic E-state index is 15.4. The van der Waals surface area contributed by atoms with Gasteiger partial charge in [0.05, 0.1) is 17.5 Å². The van der Waals surface area contributed by atoms with Crippen LogP contribution in [0.2, 0.25) is 0 Å². The second-order valence-electron chi connectivity index (χ2n) is 9.61. The number of hydrogen-bond acceptors (Lipinski definition) is 4. The fourth-order valence-electron chi connectivity index (χ4n) is 4.55. The number of aromatic amines is 1. The van der Waals surface area contributed by atoms with Crippen molar-refractivity contribution in [2.45, 2.75) is 38.2 Å². The molecule has 2 N–H and O–H groups in total. The summed E-state index contributed by atoms with van der Waals surface area (Å²) in [5.74, 6) is -4.71. The van der Waals surface area contributed by atoms with E-state index in [4.69, 9.17) is 0 Å². The van der Waals surface area contributed by atoms with Gasteiger partial charge in [-0.3, -0.25) is 14.4 Å². The van der Waals surface area contributed by atoms with E-state index in [1.807, 2.05) is 0 Å². The smallest absolute Gasteiger partial charge is 0.352 e. The second kappa shape index (κ2) is 11.9. The minimum atomic E-state index is -5.22. The van der Waals surface area contributed by atoms with Crippen LogP contribution in [0.25, 0.3) is 11.4 Å². The molecule has 2 amide bonds. The molecule has 0 unspecified atom stereocenters. The van der Waals surface area contributed by atoms with Crippen molar-refractivity contribution in [2.24, 2.45) is 5.92 Å². The largest absolute Gasteiger partial charge is 0.433 e. The average Bonchev–Trinajstić information content (AvgIpc) is 2.92. The van der Waals surface area contributed by atoms with E-state index in [1.165, 1.54) is 29.2 Å². The zero-order valence-corrected chi connectivity index (χ0v) is 21.5. The third-order valence-electron chi connectivity index (χ3n) is 6.74. The number of hydrogen-bond donors (Lipinski definition) is 2. The molecule has 0 saturated carbocycles. The number of halogens is 8. The Labute approximate surface area is 232 Å². The van der Waals surface area contributed by atoms with Crippen molar-refractivity contribution in [2.75, 3.05) is 13.1 Å². The van der Waals surface area contributed by atoms with E-state index in [-0.39, 0.29) is 44.3 Å². The molecule has 2 heterocycles. The summed E-state index contributed by atoms with van der Waals surface area (Å²) in [7, 11) is 0. The van der Waals surface area contributed by atoms with E-state index in [2.05, 4.69) is 10.3 Å². The highest BCUT2D eigenvalue weighted by atomic mass is 19.4. The van der Waals surface area contributed by atoms with Crippen LogP contribution in [0.4, 0.5) is 35.1 Å². The number of nitrogens with one attached hydrogen (secondary N) is 2. The van der Waals surface area contributed by atoms with Gasteiger partial charge in [0.15, 0.2) is 5.69 Å². The number of carbonyl (C=O) groups excluding carboxylic acids is 2. The van der Waals surface area contributed by atoms with Crippen LogP contribution in [0.3, 0.4) is 0 Å². The first-order valence-corrected chi connectivity index (χ1v) is 12.5. The number of alkyl halides is 6. The molecule has 2 aromatic carbocycles. The van der Waals surface area contributed by atoms with Gasteiger partial charge in [-0.1, -0.05) is 18.2 Å². The minimum Gasteiger partial charge on any atom is -0.352 e. The van der Waals surface area contributed by atoms with Crippen molar-refractivity contribution >= 4 is 11.8 Å². The normalized spacial score (nSPS) is 14.6. The van der Waals surface area contributed by atoms with Gasteiger partial charge in [0.1, 0.15) is 17.5 Å². The number of amides is 2. The Morgan fingerprint density at radius 1 is 0.952 bits per heavy atom. The predicted octanol–water partition coefficient (Wildman–Crippen LogP) is 4.85. The molecule has 0 atom stereocenters. The van der Waals surface area contributed by atoms with Gasteiger partial charge in [-0.25, -0.2) is 13.8 Å². The number of nitrogens with zero attached hydrogens (tertiary/aromatic N) is 2. The van der Waals surface area contributed by atoms with Gasteiger partial charge in [-0.05, 0) is 36.6 Å². The Morgan fingerprint density at radius 2 is 1.60 bits per heavy atom. The molecule has 42 heavy (non-hydrogen) atoms. The molecule has 0 aliphatic carbocycles. The first kappa shape index (κ1) is 30.7. The third kappa shape index (κ3) is 7.12. The molecule has 0 spiro atoms. The van der Waals surface area contributed by atoms with E-state index in [0.717, 1.165) is 6.07 Å². The molecule has 1 saturated heterocycles. The topological polar surface area (TPSA) is 95.2 Å². The summed E-state index contributed by atoms with van der Waals surface area (Å²) in [6, 6.07) is 6.62. The molecule has 1 aliphatic rings. The van der Waals surface area contributed by atoms with Crippen molar-refractivity contribution in [1.82, 2.24) is 20.2 Å². The fourth-order valence-corrected chi connectivity index (χ4v) is 4.55. The Morgan fingerprint density at radius 3 is 2.19 bits per heavy atom. The highest BCUT2D eigenvalue weighted by Gasteiger charge is 2.39. The SMILES string of the molecule is O=C(NCc1ccc(C(F)(F)F)c(-c2nc(C(F)(F)F)cc(=O)[nH]2)c1F)C1CCN(C(=O)Cc2ccc(F)cc2)CC1. The molecule has 0 radical (unpaired) electrons. The molecule has 15 heteroatoms. The molecular formula is C27H22F8N4O3. The first-order chi connectivity index (χ1) is 19.6. The Balaban J connectivity index is 1.46. The van der Waals surface area contributed by atoms with Gasteiger partial charge in [0, 0.05) is 37.2 Å². The number of rotatable bonds is 6. The minimum absolute atomic E-state index is 0.0282. The fraction of sp³-hybridized carbons (Fsp3) is 0.333. The highest BCUT2D eigenvalue weighted by Crippen LogP contribution is 2.39. The highest BCUT2D eigenvalue weighted by molar-refractivity contribution is 5.81. The molecule has 0 bridgehead atoms. The van der Waals surface area contributed by atoms with Crippen LogP contribution in [-0.4, -0.2) is 39.8 Å². The van der Waals surface area contributed by atoms with Crippen molar-refractivity contribution in [3.8, 4) is 11.4 Å². The lowest BCUT2D eigenvalue weighted by molar-refractivity contribution is -0.141. The van der Waals surface area contributed by atoms with Crippen molar-refractivity contribution in [3.63, 3.8) is 0 Å². The number of piperidine rings is 1. The molecule has 7 nitrogen and oxygen atoms in total. The van der Waals surface area contributed by atoms with E-state index < -0.39 is 76.1 Å². The summed E-state index contributed by atoms with van der Waals surface area (Å²) in [4.78, 5) is 43.3. The standard InChI is InChI=1S/C27H22F8N4O3/c28-17-4-1-14(2-5-17)11-21(41)39-9-7-15(8-10-39)25(42)36-13-16-3-6-18(26(30,31)32)22(23(16)29)24-37-19(27(33,34)35)12-20(40)38-24/h1-6,12,15H,7-11,13H2,(H,36,42)(H,37,38,40). The van der Waals surface area contributed by atoms with Gasteiger partial charge in [0.2, 0.25) is 11.8 Å². The van der Waals surface area contributed by atoms with Gasteiger partial charge in [0.25, 0.3) is 5.56 Å². The second-order valence-corrected chi connectivity index (χ2v) is 9.61. The molecule has 1 fully saturated rings. The number of benzene rings is 2. The van der Waals surface area contributed by atoms with E-state index in [0.29, 0.717) is 11.6 Å². The maximum Gasteiger partial charge on any atom is 0.433 e. The zero-order valence-electron chi connectivity index (χ0n) is 21.5. The van der Waals surface area contributed by atoms with Crippen LogP contribution in [0.5, 0.6) is 0 Å². The summed E-state index contributed by atoms with van der Waals surface area (Å²) < 4.78 is 109. The average molecular weight is 602 g/mol. The molecule has 1 aliphatic heterocycles. The molecule has 3 aromatic rings. The summed E-state index contributed by atoms with van der Waals surface area (Å²) in [6.45, 7) is -0.153. The zero-order chi connectivity index (χ0) is 30.8. The Hall–Kier alpha value is -4.30. The molecule has 1 aromatic heterocycles. The lowest BCUT2D eigenvalue weighted by atomic mass is 9.95. The van der Waals surface area contributed by atoms with Crippen molar-refractivity contribution in [3.05, 3.63) is 86.8 Å².